The van der Waals surface area contributed by atoms with Gasteiger partial charge in [-0.25, -0.2) is 4.90 Å². The Morgan fingerprint density at radius 1 is 0.935 bits per heavy atom. The van der Waals surface area contributed by atoms with Gasteiger partial charge in [0.2, 0.25) is 11.8 Å². The average molecular weight is 418 g/mol. The van der Waals surface area contributed by atoms with Crippen LogP contribution in [0.3, 0.4) is 0 Å². The highest BCUT2D eigenvalue weighted by Crippen LogP contribution is 2.48. The molecule has 7 nitrogen and oxygen atoms in total. The molecule has 0 aromatic heterocycles. The van der Waals surface area contributed by atoms with Crippen molar-refractivity contribution < 1.29 is 23.9 Å². The average Bonchev–Trinajstić information content (AvgIpc) is 3.41. The molecule has 3 aliphatic rings. The molecule has 0 N–H and O–H groups in total. The van der Waals surface area contributed by atoms with E-state index in [0.717, 1.165) is 19.4 Å². The van der Waals surface area contributed by atoms with Gasteiger partial charge in [0.05, 0.1) is 23.6 Å². The van der Waals surface area contributed by atoms with Crippen LogP contribution in [0.25, 0.3) is 0 Å². The molecule has 4 atom stereocenters. The lowest BCUT2D eigenvalue weighted by Crippen LogP contribution is -2.46. The van der Waals surface area contributed by atoms with Gasteiger partial charge in [0.1, 0.15) is 5.75 Å². The number of hydrogen-bond acceptors (Lipinski definition) is 6. The number of nitrogens with zero attached hydrogens (tertiary/aromatic N) is 2. The summed E-state index contributed by atoms with van der Waals surface area (Å²) in [6, 6.07) is 14.6. The molecule has 0 bridgehead atoms. The third-order valence-corrected chi connectivity index (χ3v) is 6.54. The van der Waals surface area contributed by atoms with Crippen molar-refractivity contribution >= 4 is 29.3 Å². The largest absolute Gasteiger partial charge is 0.427 e. The fraction of sp³-hybridized carbons (Fsp3) is 0.333. The lowest BCUT2D eigenvalue weighted by molar-refractivity contribution is -0.132. The van der Waals surface area contributed by atoms with Crippen LogP contribution >= 0.6 is 0 Å². The molecule has 2 amide bonds. The number of benzene rings is 2. The van der Waals surface area contributed by atoms with E-state index in [9.17, 15) is 19.2 Å². The molecule has 31 heavy (non-hydrogen) atoms. The molecular weight excluding hydrogens is 396 g/mol. The number of anilines is 1. The van der Waals surface area contributed by atoms with Gasteiger partial charge < -0.3 is 4.74 Å². The molecule has 2 aromatic carbocycles. The maximum Gasteiger partial charge on any atom is 0.308 e. The summed E-state index contributed by atoms with van der Waals surface area (Å²) in [6.07, 6.45) is 1.71. The molecule has 3 fully saturated rings. The van der Waals surface area contributed by atoms with E-state index >= 15 is 0 Å². The quantitative estimate of drug-likeness (QED) is 0.328. The van der Waals surface area contributed by atoms with Gasteiger partial charge in [0.25, 0.3) is 0 Å². The number of imide groups is 1. The summed E-state index contributed by atoms with van der Waals surface area (Å²) in [5.41, 5.74) is 0.985. The Hall–Kier alpha value is -3.32. The number of ketones is 1. The smallest absolute Gasteiger partial charge is 0.308 e. The summed E-state index contributed by atoms with van der Waals surface area (Å²) in [5, 5.41) is 0. The first-order chi connectivity index (χ1) is 15.0. The Morgan fingerprint density at radius 2 is 1.61 bits per heavy atom. The predicted molar refractivity (Wildman–Crippen MR) is 112 cm³/mol. The van der Waals surface area contributed by atoms with Crippen molar-refractivity contribution in [1.82, 2.24) is 4.90 Å². The summed E-state index contributed by atoms with van der Waals surface area (Å²) < 4.78 is 5.04. The number of hydrogen-bond donors (Lipinski definition) is 0. The molecule has 3 heterocycles. The number of amides is 2. The topological polar surface area (TPSA) is 84.0 Å². The van der Waals surface area contributed by atoms with Crippen molar-refractivity contribution in [3.05, 3.63) is 60.2 Å². The monoisotopic (exact) mass is 418 g/mol. The van der Waals surface area contributed by atoms with E-state index in [1.54, 1.807) is 48.5 Å². The van der Waals surface area contributed by atoms with Crippen LogP contribution in [0, 0.1) is 11.8 Å². The zero-order valence-corrected chi connectivity index (χ0v) is 17.1. The van der Waals surface area contributed by atoms with Crippen LogP contribution in [-0.2, 0) is 14.4 Å². The molecule has 0 unspecified atom stereocenters. The molecule has 7 heteroatoms. The molecule has 3 aliphatic heterocycles. The fourth-order valence-corrected chi connectivity index (χ4v) is 5.37. The van der Waals surface area contributed by atoms with Gasteiger partial charge in [0.15, 0.2) is 5.78 Å². The Labute approximate surface area is 179 Å². The van der Waals surface area contributed by atoms with Crippen LogP contribution in [0.4, 0.5) is 5.69 Å². The SMILES string of the molecule is CC(=O)Oc1ccc(N2C(=O)[C@@H]3[C@@H](C2=O)[C@@H](C(=O)c2ccccc2)N2CCC[C@H]32)cc1. The molecule has 158 valence electrons. The molecule has 0 saturated carbocycles. The number of Topliss-reactive ketones (excluding diaryl/α,β-unsaturated/α-hetero) is 1. The normalized spacial score (nSPS) is 27.3. The molecule has 2 aromatic rings. The summed E-state index contributed by atoms with van der Waals surface area (Å²) in [4.78, 5) is 54.7. The minimum absolute atomic E-state index is 0.0931. The van der Waals surface area contributed by atoms with E-state index < -0.39 is 23.8 Å². The summed E-state index contributed by atoms with van der Waals surface area (Å²) in [7, 11) is 0. The van der Waals surface area contributed by atoms with Crippen LogP contribution in [0.1, 0.15) is 30.1 Å². The van der Waals surface area contributed by atoms with Crippen molar-refractivity contribution in [2.24, 2.45) is 11.8 Å². The lowest BCUT2D eigenvalue weighted by Gasteiger charge is -2.27. The minimum atomic E-state index is -0.682. The highest BCUT2D eigenvalue weighted by atomic mass is 16.5. The molecule has 5 rings (SSSR count). The molecule has 0 radical (unpaired) electrons. The number of esters is 1. The second-order valence-electron chi connectivity index (χ2n) is 8.27. The van der Waals surface area contributed by atoms with Crippen LogP contribution in [-0.4, -0.2) is 47.1 Å². The van der Waals surface area contributed by atoms with Crippen molar-refractivity contribution in [2.75, 3.05) is 11.4 Å². The van der Waals surface area contributed by atoms with Crippen LogP contribution in [0.5, 0.6) is 5.75 Å². The highest BCUT2D eigenvalue weighted by Gasteiger charge is 2.64. The number of carbonyl (C=O) groups excluding carboxylic acids is 4. The zero-order chi connectivity index (χ0) is 21.7. The van der Waals surface area contributed by atoms with Crippen molar-refractivity contribution in [1.29, 1.82) is 0 Å². The molecule has 3 saturated heterocycles. The third-order valence-electron chi connectivity index (χ3n) is 6.54. The van der Waals surface area contributed by atoms with Crippen molar-refractivity contribution in [3.8, 4) is 5.75 Å². The van der Waals surface area contributed by atoms with E-state index in [1.165, 1.54) is 11.8 Å². The minimum Gasteiger partial charge on any atom is -0.427 e. The molecule has 0 aliphatic carbocycles. The van der Waals surface area contributed by atoms with Crippen molar-refractivity contribution in [2.45, 2.75) is 31.8 Å². The first kappa shape index (κ1) is 19.6. The number of fused-ring (bicyclic) bond motifs is 3. The predicted octanol–water partition coefficient (Wildman–Crippen LogP) is 2.45. The van der Waals surface area contributed by atoms with E-state index in [2.05, 4.69) is 4.90 Å². The Kier molecular flexibility index (Phi) is 4.70. The summed E-state index contributed by atoms with van der Waals surface area (Å²) in [5.74, 6) is -1.99. The van der Waals surface area contributed by atoms with Gasteiger partial charge in [-0.2, -0.15) is 0 Å². The Morgan fingerprint density at radius 3 is 2.29 bits per heavy atom. The number of ether oxygens (including phenoxy) is 1. The van der Waals surface area contributed by atoms with Crippen molar-refractivity contribution in [3.63, 3.8) is 0 Å². The van der Waals surface area contributed by atoms with Gasteiger partial charge >= 0.3 is 5.97 Å². The van der Waals surface area contributed by atoms with Crippen LogP contribution in [0.15, 0.2) is 54.6 Å². The van der Waals surface area contributed by atoms with Gasteiger partial charge in [-0.1, -0.05) is 30.3 Å². The highest BCUT2D eigenvalue weighted by molar-refractivity contribution is 6.24. The molecular formula is C24H22N2O5. The number of carbonyl (C=O) groups is 4. The standard InChI is InChI=1S/C24H22N2O5/c1-14(27)31-17-11-9-16(10-12-17)26-23(29)19-18-8-5-13-25(18)21(20(19)24(26)30)22(28)15-6-3-2-4-7-15/h2-4,6-7,9-12,18-21H,5,8,13H2,1H3/t18-,19+,20-,21+/m1/s1. The van der Waals surface area contributed by atoms with Crippen LogP contribution < -0.4 is 9.64 Å². The van der Waals surface area contributed by atoms with E-state index in [1.807, 2.05) is 6.07 Å². The lowest BCUT2D eigenvalue weighted by atomic mass is 9.85. The van der Waals surface area contributed by atoms with E-state index in [0.29, 0.717) is 17.0 Å². The third kappa shape index (κ3) is 3.08. The fourth-order valence-electron chi connectivity index (χ4n) is 5.37. The zero-order valence-electron chi connectivity index (χ0n) is 17.1. The van der Waals surface area contributed by atoms with Crippen LogP contribution in [0.2, 0.25) is 0 Å². The van der Waals surface area contributed by atoms with Gasteiger partial charge in [-0.3, -0.25) is 24.1 Å². The first-order valence-electron chi connectivity index (χ1n) is 10.5. The summed E-state index contributed by atoms with van der Waals surface area (Å²) >= 11 is 0. The van der Waals surface area contributed by atoms with E-state index in [-0.39, 0.29) is 23.6 Å². The maximum atomic E-state index is 13.5. The van der Waals surface area contributed by atoms with Gasteiger partial charge in [-0.05, 0) is 43.7 Å². The Bertz CT molecular complexity index is 1070. The second kappa shape index (κ2) is 7.42. The van der Waals surface area contributed by atoms with Gasteiger partial charge in [-0.15, -0.1) is 0 Å². The first-order valence-corrected chi connectivity index (χ1v) is 10.5. The summed E-state index contributed by atoms with van der Waals surface area (Å²) in [6.45, 7) is 2.03. The molecule has 0 spiro atoms. The van der Waals surface area contributed by atoms with E-state index in [4.69, 9.17) is 4.74 Å². The second-order valence-corrected chi connectivity index (χ2v) is 8.27. The maximum absolute atomic E-state index is 13.5. The number of rotatable bonds is 4. The Balaban J connectivity index is 1.49. The van der Waals surface area contributed by atoms with Gasteiger partial charge in [0, 0.05) is 18.5 Å².